The molecular weight excluding hydrogens is 286 g/mol. The Bertz CT molecular complexity index is 404. The zero-order chi connectivity index (χ0) is 15.5. The minimum absolute atomic E-state index is 0.128. The van der Waals surface area contributed by atoms with Crippen LogP contribution in [0, 0.1) is 5.92 Å². The predicted molar refractivity (Wildman–Crippen MR) is 72.5 cm³/mol. The number of hydrogen-bond acceptors (Lipinski definition) is 5. The van der Waals surface area contributed by atoms with Crippen LogP contribution in [0.25, 0.3) is 0 Å². The smallest absolute Gasteiger partial charge is 0.408 e. The summed E-state index contributed by atoms with van der Waals surface area (Å²) < 4.78 is 9.76. The zero-order valence-corrected chi connectivity index (χ0v) is 12.8. The Morgan fingerprint density at radius 3 is 2.40 bits per heavy atom. The third-order valence-corrected chi connectivity index (χ3v) is 3.34. The number of halogens is 1. The van der Waals surface area contributed by atoms with Gasteiger partial charge in [-0.1, -0.05) is 0 Å². The summed E-state index contributed by atoms with van der Waals surface area (Å²) in [5, 5.41) is 1.84. The molecule has 0 aromatic heterocycles. The fourth-order valence-electron chi connectivity index (χ4n) is 2.05. The van der Waals surface area contributed by atoms with E-state index in [4.69, 9.17) is 16.3 Å². The van der Waals surface area contributed by atoms with Crippen LogP contribution in [0.1, 0.15) is 33.6 Å². The molecule has 1 rings (SSSR count). The molecule has 3 atom stereocenters. The van der Waals surface area contributed by atoms with Gasteiger partial charge in [-0.15, -0.1) is 11.6 Å². The highest BCUT2D eigenvalue weighted by molar-refractivity contribution is 6.31. The molecule has 0 aliphatic heterocycles. The van der Waals surface area contributed by atoms with Crippen LogP contribution in [-0.2, 0) is 19.1 Å². The molecule has 0 saturated heterocycles. The molecule has 3 unspecified atom stereocenters. The number of carbonyl (C=O) groups is 3. The predicted octanol–water partition coefficient (Wildman–Crippen LogP) is 1.64. The van der Waals surface area contributed by atoms with Crippen LogP contribution in [0.2, 0.25) is 0 Å². The molecule has 1 fully saturated rings. The van der Waals surface area contributed by atoms with Gasteiger partial charge in [0.25, 0.3) is 0 Å². The first-order chi connectivity index (χ1) is 9.14. The maximum Gasteiger partial charge on any atom is 0.408 e. The van der Waals surface area contributed by atoms with Crippen molar-refractivity contribution in [2.24, 2.45) is 5.92 Å². The number of methoxy groups -OCH3 is 1. The summed E-state index contributed by atoms with van der Waals surface area (Å²) in [7, 11) is 1.22. The number of esters is 1. The third-order valence-electron chi connectivity index (χ3n) is 2.92. The van der Waals surface area contributed by atoms with Gasteiger partial charge in [0.2, 0.25) is 0 Å². The van der Waals surface area contributed by atoms with Gasteiger partial charge in [0.05, 0.1) is 12.5 Å². The normalized spacial score (nSPS) is 24.1. The average Bonchev–Trinajstić information content (AvgIpc) is 2.63. The van der Waals surface area contributed by atoms with Crippen LogP contribution in [0.3, 0.4) is 0 Å². The number of hydrogen-bond donors (Lipinski definition) is 1. The van der Waals surface area contributed by atoms with Crippen LogP contribution >= 0.6 is 11.6 Å². The van der Waals surface area contributed by atoms with Crippen LogP contribution in [0.4, 0.5) is 4.79 Å². The first kappa shape index (κ1) is 16.8. The van der Waals surface area contributed by atoms with Crippen LogP contribution in [0.15, 0.2) is 0 Å². The van der Waals surface area contributed by atoms with E-state index in [2.05, 4.69) is 10.1 Å². The number of amides is 1. The van der Waals surface area contributed by atoms with Crippen molar-refractivity contribution in [3.05, 3.63) is 0 Å². The van der Waals surface area contributed by atoms with Crippen molar-refractivity contribution in [2.45, 2.75) is 50.6 Å². The van der Waals surface area contributed by atoms with E-state index in [-0.39, 0.29) is 18.1 Å². The fourth-order valence-corrected chi connectivity index (χ4v) is 2.37. The molecule has 1 N–H and O–H groups in total. The van der Waals surface area contributed by atoms with Crippen LogP contribution in [0.5, 0.6) is 0 Å². The fraction of sp³-hybridized carbons (Fsp3) is 0.769. The van der Waals surface area contributed by atoms with Gasteiger partial charge < -0.3 is 14.8 Å². The van der Waals surface area contributed by atoms with Crippen molar-refractivity contribution in [1.82, 2.24) is 5.32 Å². The summed E-state index contributed by atoms with van der Waals surface area (Å²) in [6.07, 6.45) is -0.252. The first-order valence-electron chi connectivity index (χ1n) is 6.38. The molecule has 114 valence electrons. The Kier molecular flexibility index (Phi) is 5.39. The number of alkyl halides is 1. The van der Waals surface area contributed by atoms with E-state index in [9.17, 15) is 14.4 Å². The number of Topliss-reactive ketones (excluding diaryl/α,β-unsaturated/α-hetero) is 1. The molecule has 1 saturated carbocycles. The van der Waals surface area contributed by atoms with E-state index in [1.54, 1.807) is 20.8 Å². The molecule has 1 amide bonds. The maximum atomic E-state index is 11.8. The number of carbonyl (C=O) groups excluding carboxylic acids is 3. The monoisotopic (exact) mass is 305 g/mol. The van der Waals surface area contributed by atoms with Gasteiger partial charge >= 0.3 is 12.1 Å². The molecule has 1 aliphatic rings. The standard InChI is InChI=1S/C13H20ClNO5/c1-13(2,3)20-12(18)15-10(11(17)19-4)7-5-8(14)9(16)6-7/h7-8,10H,5-6H2,1-4H3,(H,15,18). The second kappa shape index (κ2) is 6.43. The lowest BCUT2D eigenvalue weighted by molar-refractivity contribution is -0.144. The Labute approximate surface area is 123 Å². The molecule has 0 bridgehead atoms. The van der Waals surface area contributed by atoms with Crippen molar-refractivity contribution in [2.75, 3.05) is 7.11 Å². The van der Waals surface area contributed by atoms with Gasteiger partial charge in [-0.2, -0.15) is 0 Å². The number of ether oxygens (including phenoxy) is 2. The van der Waals surface area contributed by atoms with E-state index in [1.165, 1.54) is 7.11 Å². The number of ketones is 1. The number of alkyl carbamates (subject to hydrolysis) is 1. The van der Waals surface area contributed by atoms with Crippen molar-refractivity contribution < 1.29 is 23.9 Å². The topological polar surface area (TPSA) is 81.7 Å². The SMILES string of the molecule is COC(=O)C(NC(=O)OC(C)(C)C)C1CC(=O)C(Cl)C1. The third kappa shape index (κ3) is 4.67. The highest BCUT2D eigenvalue weighted by atomic mass is 35.5. The second-order valence-electron chi connectivity index (χ2n) is 5.78. The first-order valence-corrected chi connectivity index (χ1v) is 6.82. The molecule has 7 heteroatoms. The van der Waals surface area contributed by atoms with E-state index in [0.29, 0.717) is 6.42 Å². The Hall–Kier alpha value is -1.30. The molecule has 0 radical (unpaired) electrons. The summed E-state index contributed by atoms with van der Waals surface area (Å²) in [5.74, 6) is -1.11. The highest BCUT2D eigenvalue weighted by Gasteiger charge is 2.40. The summed E-state index contributed by atoms with van der Waals surface area (Å²) in [6, 6.07) is -0.928. The van der Waals surface area contributed by atoms with Crippen molar-refractivity contribution in [3.63, 3.8) is 0 Å². The lowest BCUT2D eigenvalue weighted by atomic mass is 9.98. The van der Waals surface area contributed by atoms with Crippen LogP contribution < -0.4 is 5.32 Å². The van der Waals surface area contributed by atoms with Gasteiger partial charge in [-0.25, -0.2) is 9.59 Å². The molecule has 1 aliphatic carbocycles. The molecule has 0 spiro atoms. The largest absolute Gasteiger partial charge is 0.467 e. The van der Waals surface area contributed by atoms with Crippen molar-refractivity contribution in [1.29, 1.82) is 0 Å². The van der Waals surface area contributed by atoms with Gasteiger partial charge in [0.1, 0.15) is 11.6 Å². The minimum Gasteiger partial charge on any atom is -0.467 e. The zero-order valence-electron chi connectivity index (χ0n) is 12.1. The molecule has 0 aromatic carbocycles. The van der Waals surface area contributed by atoms with E-state index < -0.39 is 29.1 Å². The average molecular weight is 306 g/mol. The van der Waals surface area contributed by atoms with Gasteiger partial charge in [-0.3, -0.25) is 4.79 Å². The molecule has 0 heterocycles. The van der Waals surface area contributed by atoms with Crippen molar-refractivity contribution in [3.8, 4) is 0 Å². The maximum absolute atomic E-state index is 11.8. The minimum atomic E-state index is -0.928. The molecule has 20 heavy (non-hydrogen) atoms. The van der Waals surface area contributed by atoms with E-state index >= 15 is 0 Å². The Morgan fingerprint density at radius 1 is 1.40 bits per heavy atom. The van der Waals surface area contributed by atoms with Gasteiger partial charge in [0.15, 0.2) is 5.78 Å². The summed E-state index contributed by atoms with van der Waals surface area (Å²) in [4.78, 5) is 35.0. The quantitative estimate of drug-likeness (QED) is 0.633. The number of rotatable bonds is 3. The lowest BCUT2D eigenvalue weighted by Gasteiger charge is -2.25. The summed E-state index contributed by atoms with van der Waals surface area (Å²) >= 11 is 5.85. The lowest BCUT2D eigenvalue weighted by Crippen LogP contribution is -2.47. The van der Waals surface area contributed by atoms with E-state index in [0.717, 1.165) is 0 Å². The molecule has 0 aromatic rings. The Balaban J connectivity index is 2.74. The second-order valence-corrected chi connectivity index (χ2v) is 6.31. The molecule has 6 nitrogen and oxygen atoms in total. The number of nitrogens with one attached hydrogen (secondary N) is 1. The van der Waals surface area contributed by atoms with Crippen molar-refractivity contribution >= 4 is 29.4 Å². The van der Waals surface area contributed by atoms with E-state index in [1.807, 2.05) is 0 Å². The summed E-state index contributed by atoms with van der Waals surface area (Å²) in [5.41, 5.74) is -0.675. The Morgan fingerprint density at radius 2 is 2.00 bits per heavy atom. The van der Waals surface area contributed by atoms with Crippen LogP contribution in [-0.4, -0.2) is 42.0 Å². The van der Waals surface area contributed by atoms with Gasteiger partial charge in [-0.05, 0) is 33.1 Å². The van der Waals surface area contributed by atoms with Gasteiger partial charge in [0, 0.05) is 6.42 Å². The molecular formula is C13H20ClNO5. The highest BCUT2D eigenvalue weighted by Crippen LogP contribution is 2.29. The summed E-state index contributed by atoms with van der Waals surface area (Å²) in [6.45, 7) is 5.15.